The molecule has 3 aromatic rings. The Morgan fingerprint density at radius 1 is 1.27 bits per heavy atom. The van der Waals surface area contributed by atoms with Crippen LogP contribution in [0.3, 0.4) is 0 Å². The highest BCUT2D eigenvalue weighted by Gasteiger charge is 2.29. The van der Waals surface area contributed by atoms with Gasteiger partial charge >= 0.3 is 5.97 Å². The molecule has 0 saturated heterocycles. The van der Waals surface area contributed by atoms with E-state index in [4.69, 9.17) is 0 Å². The van der Waals surface area contributed by atoms with Gasteiger partial charge < -0.3 is 10.1 Å². The van der Waals surface area contributed by atoms with Crippen LogP contribution in [-0.2, 0) is 11.2 Å². The molecule has 3 heterocycles. The Hall–Kier alpha value is -2.73. The minimum Gasteiger partial charge on any atom is -0.480 e. The highest BCUT2D eigenvalue weighted by Crippen LogP contribution is 2.29. The third-order valence-corrected chi connectivity index (χ3v) is 3.96. The van der Waals surface area contributed by atoms with Crippen molar-refractivity contribution in [2.75, 3.05) is 6.54 Å². The van der Waals surface area contributed by atoms with E-state index in [1.165, 1.54) is 0 Å². The van der Waals surface area contributed by atoms with Crippen molar-refractivity contribution in [3.8, 4) is 11.4 Å². The van der Waals surface area contributed by atoms with Gasteiger partial charge in [0.2, 0.25) is 0 Å². The first-order valence-electron chi connectivity index (χ1n) is 7.13. The summed E-state index contributed by atoms with van der Waals surface area (Å²) >= 11 is 0. The van der Waals surface area contributed by atoms with Crippen molar-refractivity contribution in [1.29, 1.82) is 0 Å². The van der Waals surface area contributed by atoms with Gasteiger partial charge in [-0.1, -0.05) is 18.2 Å². The van der Waals surface area contributed by atoms with Crippen LogP contribution in [0.4, 0.5) is 0 Å². The molecule has 0 unspecified atom stereocenters. The second-order valence-electron chi connectivity index (χ2n) is 5.30. The first-order chi connectivity index (χ1) is 10.7. The minimum atomic E-state index is -0.904. The number of fused-ring (bicyclic) bond motifs is 2. The normalized spacial score (nSPS) is 17.4. The van der Waals surface area contributed by atoms with Crippen molar-refractivity contribution in [2.24, 2.45) is 0 Å². The van der Waals surface area contributed by atoms with Crippen molar-refractivity contribution in [3.63, 3.8) is 0 Å². The number of carboxylic acid groups (broad SMARTS) is 1. The Bertz CT molecular complexity index is 866. The molecule has 1 aromatic carbocycles. The molecule has 0 amide bonds. The van der Waals surface area contributed by atoms with Crippen molar-refractivity contribution in [3.05, 3.63) is 47.9 Å². The fourth-order valence-electron chi connectivity index (χ4n) is 2.93. The zero-order valence-corrected chi connectivity index (χ0v) is 11.7. The van der Waals surface area contributed by atoms with Crippen molar-refractivity contribution < 1.29 is 9.90 Å². The van der Waals surface area contributed by atoms with E-state index in [0.29, 0.717) is 18.1 Å². The maximum absolute atomic E-state index is 11.3. The number of benzene rings is 1. The molecule has 22 heavy (non-hydrogen) atoms. The van der Waals surface area contributed by atoms with E-state index >= 15 is 0 Å². The number of imidazole rings is 1. The zero-order chi connectivity index (χ0) is 15.1. The highest BCUT2D eigenvalue weighted by molar-refractivity contribution is 5.92. The number of nitrogens with zero attached hydrogens (tertiary/aromatic N) is 2. The fraction of sp³-hybridized carbons (Fsp3) is 0.188. The van der Waals surface area contributed by atoms with Crippen LogP contribution in [-0.4, -0.2) is 32.6 Å². The summed E-state index contributed by atoms with van der Waals surface area (Å²) in [5.41, 5.74) is 3.29. The van der Waals surface area contributed by atoms with E-state index in [9.17, 15) is 9.90 Å². The summed E-state index contributed by atoms with van der Waals surface area (Å²) in [6, 6.07) is 8.98. The summed E-state index contributed by atoms with van der Waals surface area (Å²) in [6.07, 6.45) is 2.50. The molecule has 110 valence electrons. The molecule has 0 spiro atoms. The molecule has 0 radical (unpaired) electrons. The quantitative estimate of drug-likeness (QED) is 0.671. The third kappa shape index (κ3) is 1.96. The predicted octanol–water partition coefficient (Wildman–Crippen LogP) is 1.90. The monoisotopic (exact) mass is 294 g/mol. The van der Waals surface area contributed by atoms with Gasteiger partial charge in [-0.25, -0.2) is 4.98 Å². The van der Waals surface area contributed by atoms with Crippen LogP contribution in [0.25, 0.3) is 22.3 Å². The number of pyridine rings is 1. The molecular formula is C16H14N4O2. The second kappa shape index (κ2) is 4.92. The van der Waals surface area contributed by atoms with Crippen LogP contribution in [0.5, 0.6) is 0 Å². The largest absolute Gasteiger partial charge is 0.480 e. The lowest BCUT2D eigenvalue weighted by molar-refractivity contribution is -0.139. The second-order valence-corrected chi connectivity index (χ2v) is 5.30. The van der Waals surface area contributed by atoms with Crippen LogP contribution in [0.15, 0.2) is 36.5 Å². The van der Waals surface area contributed by atoms with E-state index in [-0.39, 0.29) is 0 Å². The highest BCUT2D eigenvalue weighted by atomic mass is 16.4. The molecule has 0 aliphatic carbocycles. The Morgan fingerprint density at radius 3 is 3.05 bits per heavy atom. The number of nitrogens with one attached hydrogen (secondary N) is 2. The number of rotatable bonds is 2. The summed E-state index contributed by atoms with van der Waals surface area (Å²) in [5, 5.41) is 13.3. The SMILES string of the molecule is O=C(O)[C@H]1NCCc2[nH]c(-c3cccc4ncccc34)nc21. The van der Waals surface area contributed by atoms with Gasteiger partial charge in [0.25, 0.3) is 0 Å². The summed E-state index contributed by atoms with van der Waals surface area (Å²) in [6.45, 7) is 0.628. The van der Waals surface area contributed by atoms with Gasteiger partial charge in [-0.05, 0) is 12.1 Å². The summed E-state index contributed by atoms with van der Waals surface area (Å²) in [5.74, 6) is -0.211. The number of hydrogen-bond donors (Lipinski definition) is 3. The molecule has 6 nitrogen and oxygen atoms in total. The summed E-state index contributed by atoms with van der Waals surface area (Å²) < 4.78 is 0. The standard InChI is InChI=1S/C16H14N4O2/c21-16(22)14-13-12(6-8-18-14)19-15(20-13)10-3-1-5-11-9(10)4-2-7-17-11/h1-5,7,14,18H,6,8H2,(H,19,20)(H,21,22)/t14-/m0/s1. The average Bonchev–Trinajstić information content (AvgIpc) is 2.97. The Balaban J connectivity index is 1.88. The Labute approximate surface area is 126 Å². The first kappa shape index (κ1) is 13.0. The Morgan fingerprint density at radius 2 is 2.18 bits per heavy atom. The van der Waals surface area contributed by atoms with Crippen LogP contribution < -0.4 is 5.32 Å². The lowest BCUT2D eigenvalue weighted by atomic mass is 10.1. The predicted molar refractivity (Wildman–Crippen MR) is 81.4 cm³/mol. The van der Waals surface area contributed by atoms with E-state index in [2.05, 4.69) is 20.3 Å². The molecule has 1 atom stereocenters. The number of aliphatic carboxylic acids is 1. The fourth-order valence-corrected chi connectivity index (χ4v) is 2.93. The summed E-state index contributed by atoms with van der Waals surface area (Å²) in [4.78, 5) is 23.5. The van der Waals surface area contributed by atoms with E-state index < -0.39 is 12.0 Å². The molecule has 6 heteroatoms. The van der Waals surface area contributed by atoms with Gasteiger partial charge in [-0.3, -0.25) is 15.1 Å². The molecule has 3 N–H and O–H groups in total. The van der Waals surface area contributed by atoms with E-state index in [1.807, 2.05) is 30.3 Å². The topological polar surface area (TPSA) is 90.9 Å². The van der Waals surface area contributed by atoms with E-state index in [0.717, 1.165) is 28.6 Å². The third-order valence-electron chi connectivity index (χ3n) is 3.96. The zero-order valence-electron chi connectivity index (χ0n) is 11.7. The molecule has 4 rings (SSSR count). The molecule has 0 fully saturated rings. The van der Waals surface area contributed by atoms with Gasteiger partial charge in [-0.15, -0.1) is 0 Å². The van der Waals surface area contributed by atoms with Crippen molar-refractivity contribution in [2.45, 2.75) is 12.5 Å². The number of carbonyl (C=O) groups is 1. The van der Waals surface area contributed by atoms with Gasteiger partial charge in [-0.2, -0.15) is 0 Å². The number of aromatic amines is 1. The lowest BCUT2D eigenvalue weighted by Gasteiger charge is -2.18. The number of carboxylic acids is 1. The minimum absolute atomic E-state index is 0.578. The lowest BCUT2D eigenvalue weighted by Crippen LogP contribution is -2.35. The number of aromatic nitrogens is 3. The molecule has 0 saturated carbocycles. The van der Waals surface area contributed by atoms with Gasteiger partial charge in [0.05, 0.1) is 11.2 Å². The maximum Gasteiger partial charge on any atom is 0.327 e. The van der Waals surface area contributed by atoms with Crippen LogP contribution in [0.1, 0.15) is 17.4 Å². The van der Waals surface area contributed by atoms with Crippen molar-refractivity contribution in [1.82, 2.24) is 20.3 Å². The maximum atomic E-state index is 11.3. The molecule has 1 aliphatic heterocycles. The molecule has 0 bridgehead atoms. The molecule has 2 aromatic heterocycles. The van der Waals surface area contributed by atoms with Gasteiger partial charge in [0, 0.05) is 35.8 Å². The number of hydrogen-bond acceptors (Lipinski definition) is 4. The smallest absolute Gasteiger partial charge is 0.327 e. The van der Waals surface area contributed by atoms with Crippen molar-refractivity contribution >= 4 is 16.9 Å². The molecule has 1 aliphatic rings. The van der Waals surface area contributed by atoms with Gasteiger partial charge in [0.15, 0.2) is 6.04 Å². The van der Waals surface area contributed by atoms with Gasteiger partial charge in [0.1, 0.15) is 5.82 Å². The number of H-pyrrole nitrogens is 1. The molecular weight excluding hydrogens is 280 g/mol. The first-order valence-corrected chi connectivity index (χ1v) is 7.13. The summed E-state index contributed by atoms with van der Waals surface area (Å²) in [7, 11) is 0. The van der Waals surface area contributed by atoms with Crippen LogP contribution in [0, 0.1) is 0 Å². The van der Waals surface area contributed by atoms with E-state index in [1.54, 1.807) is 6.20 Å². The van der Waals surface area contributed by atoms with Crippen LogP contribution in [0.2, 0.25) is 0 Å². The Kier molecular flexibility index (Phi) is 2.90. The average molecular weight is 294 g/mol. The van der Waals surface area contributed by atoms with Crippen LogP contribution >= 0.6 is 0 Å².